The Kier molecular flexibility index (Phi) is 5.97. The number of carbonyl (C=O) groups excluding carboxylic acids is 1. The van der Waals surface area contributed by atoms with E-state index in [9.17, 15) is 4.79 Å². The van der Waals surface area contributed by atoms with Gasteiger partial charge < -0.3 is 14.6 Å². The van der Waals surface area contributed by atoms with Gasteiger partial charge in [0.1, 0.15) is 5.52 Å². The Hall–Kier alpha value is -1.59. The summed E-state index contributed by atoms with van der Waals surface area (Å²) < 4.78 is 5.58. The minimum absolute atomic E-state index is 0.142. The first-order valence-corrected chi connectivity index (χ1v) is 9.52. The van der Waals surface area contributed by atoms with Crippen molar-refractivity contribution in [3.8, 4) is 0 Å². The predicted octanol–water partition coefficient (Wildman–Crippen LogP) is 4.03. The summed E-state index contributed by atoms with van der Waals surface area (Å²) in [5, 5.41) is 3.55. The highest BCUT2D eigenvalue weighted by Crippen LogP contribution is 2.25. The molecule has 0 atom stereocenters. The summed E-state index contributed by atoms with van der Waals surface area (Å²) in [4.78, 5) is 19.4. The highest BCUT2D eigenvalue weighted by molar-refractivity contribution is 6.32. The fourth-order valence-electron chi connectivity index (χ4n) is 3.41. The molecule has 1 N–H and O–H groups in total. The van der Waals surface area contributed by atoms with Crippen molar-refractivity contribution in [1.29, 1.82) is 0 Å². The Balaban J connectivity index is 1.57. The summed E-state index contributed by atoms with van der Waals surface area (Å²) in [7, 11) is 0. The predicted molar refractivity (Wildman–Crippen MR) is 100 cm³/mol. The number of rotatable bonds is 6. The van der Waals surface area contributed by atoms with Gasteiger partial charge in [0, 0.05) is 18.5 Å². The Bertz CT molecular complexity index is 736. The number of piperidine rings is 1. The van der Waals surface area contributed by atoms with E-state index in [1.807, 2.05) is 0 Å². The van der Waals surface area contributed by atoms with Crippen molar-refractivity contribution in [3.05, 3.63) is 28.6 Å². The molecule has 0 unspecified atom stereocenters. The van der Waals surface area contributed by atoms with E-state index in [0.717, 1.165) is 25.9 Å². The molecule has 0 aliphatic carbocycles. The second kappa shape index (κ2) is 8.19. The summed E-state index contributed by atoms with van der Waals surface area (Å²) in [5.41, 5.74) is 1.59. The molecule has 2 heterocycles. The van der Waals surface area contributed by atoms with Crippen molar-refractivity contribution in [2.24, 2.45) is 5.92 Å². The smallest absolute Gasteiger partial charge is 0.255 e. The summed E-state index contributed by atoms with van der Waals surface area (Å²) >= 11 is 6.12. The lowest BCUT2D eigenvalue weighted by atomic mass is 9.96. The van der Waals surface area contributed by atoms with Gasteiger partial charge in [0.05, 0.1) is 5.56 Å². The highest BCUT2D eigenvalue weighted by Gasteiger charge is 2.21. The molecular weight excluding hydrogens is 338 g/mol. The zero-order valence-corrected chi connectivity index (χ0v) is 15.7. The van der Waals surface area contributed by atoms with Gasteiger partial charge in [-0.3, -0.25) is 4.79 Å². The summed E-state index contributed by atoms with van der Waals surface area (Å²) in [5.74, 6) is 0.927. The maximum absolute atomic E-state index is 12.6. The quantitative estimate of drug-likeness (QED) is 0.841. The molecule has 1 amide bonds. The first kappa shape index (κ1) is 18.2. The van der Waals surface area contributed by atoms with E-state index in [4.69, 9.17) is 16.0 Å². The number of nitrogens with zero attached hydrogens (tertiary/aromatic N) is 2. The molecule has 136 valence electrons. The highest BCUT2D eigenvalue weighted by atomic mass is 35.5. The van der Waals surface area contributed by atoms with E-state index >= 15 is 0 Å². The summed E-state index contributed by atoms with van der Waals surface area (Å²) in [6.45, 7) is 8.14. The topological polar surface area (TPSA) is 58.4 Å². The number of amides is 1. The molecule has 0 spiro atoms. The number of fused-ring (bicyclic) bond motifs is 1. The van der Waals surface area contributed by atoms with Crippen LogP contribution in [0.25, 0.3) is 11.1 Å². The maximum atomic E-state index is 12.6. The minimum atomic E-state index is -0.142. The van der Waals surface area contributed by atoms with E-state index in [-0.39, 0.29) is 5.91 Å². The van der Waals surface area contributed by atoms with Crippen LogP contribution in [0.3, 0.4) is 0 Å². The van der Waals surface area contributed by atoms with Gasteiger partial charge in [0.15, 0.2) is 11.5 Å². The molecule has 3 rings (SSSR count). The molecule has 0 radical (unpaired) electrons. The maximum Gasteiger partial charge on any atom is 0.255 e. The fraction of sp³-hybridized carbons (Fsp3) is 0.579. The molecule has 2 aromatic rings. The van der Waals surface area contributed by atoms with Crippen LogP contribution < -0.4 is 5.32 Å². The Labute approximate surface area is 153 Å². The average molecular weight is 364 g/mol. The van der Waals surface area contributed by atoms with Crippen LogP contribution in [0.4, 0.5) is 0 Å². The van der Waals surface area contributed by atoms with Gasteiger partial charge in [0.25, 0.3) is 5.91 Å². The lowest BCUT2D eigenvalue weighted by molar-refractivity contribution is 0.0936. The van der Waals surface area contributed by atoms with Gasteiger partial charge in [-0.05, 0) is 56.9 Å². The number of hydrogen-bond acceptors (Lipinski definition) is 4. The van der Waals surface area contributed by atoms with Gasteiger partial charge in [0.2, 0.25) is 0 Å². The zero-order chi connectivity index (χ0) is 17.8. The number of unbranched alkanes of at least 4 members (excludes halogenated alkanes) is 1. The number of carbonyl (C=O) groups is 1. The monoisotopic (exact) mass is 363 g/mol. The average Bonchev–Trinajstić information content (AvgIpc) is 2.97. The van der Waals surface area contributed by atoms with Crippen molar-refractivity contribution in [1.82, 2.24) is 15.2 Å². The van der Waals surface area contributed by atoms with Crippen molar-refractivity contribution >= 4 is 28.6 Å². The molecule has 1 fully saturated rings. The second-order valence-electron chi connectivity index (χ2n) is 6.88. The Morgan fingerprint density at radius 2 is 2.16 bits per heavy atom. The third-order valence-corrected chi connectivity index (χ3v) is 5.11. The van der Waals surface area contributed by atoms with Crippen molar-refractivity contribution in [2.75, 3.05) is 26.2 Å². The number of aryl methyl sites for hydroxylation is 1. The molecule has 0 bridgehead atoms. The van der Waals surface area contributed by atoms with Crippen molar-refractivity contribution < 1.29 is 9.21 Å². The number of benzene rings is 1. The molecule has 1 aromatic heterocycles. The molecule has 25 heavy (non-hydrogen) atoms. The van der Waals surface area contributed by atoms with Crippen molar-refractivity contribution in [2.45, 2.75) is 39.5 Å². The number of halogens is 1. The molecule has 5 nitrogen and oxygen atoms in total. The standard InChI is InChI=1S/C19H26ClN3O2/c1-3-4-7-23-8-5-14(6-9-23)12-21-19(24)16-10-15(20)11-17-18(16)25-13(2)22-17/h10-11,14H,3-9,12H2,1-2H3,(H,21,24). The van der Waals surface area contributed by atoms with Crippen LogP contribution in [-0.4, -0.2) is 42.0 Å². The van der Waals surface area contributed by atoms with Crippen molar-refractivity contribution in [3.63, 3.8) is 0 Å². The minimum Gasteiger partial charge on any atom is -0.440 e. The second-order valence-corrected chi connectivity index (χ2v) is 7.32. The molecule has 1 aliphatic heterocycles. The lowest BCUT2D eigenvalue weighted by Gasteiger charge is -2.31. The molecule has 6 heteroatoms. The van der Waals surface area contributed by atoms with Crippen LogP contribution in [0.2, 0.25) is 5.02 Å². The number of oxazole rings is 1. The van der Waals surface area contributed by atoms with E-state index in [1.54, 1.807) is 19.1 Å². The number of aromatic nitrogens is 1. The third-order valence-electron chi connectivity index (χ3n) is 4.89. The molecule has 1 aliphatic rings. The van der Waals surface area contributed by atoms with Gasteiger partial charge >= 0.3 is 0 Å². The largest absolute Gasteiger partial charge is 0.440 e. The van der Waals surface area contributed by atoms with E-state index in [1.165, 1.54) is 19.4 Å². The van der Waals surface area contributed by atoms with Crippen LogP contribution in [-0.2, 0) is 0 Å². The van der Waals surface area contributed by atoms with Crippen LogP contribution in [0, 0.1) is 12.8 Å². The van der Waals surface area contributed by atoms with Crippen LogP contribution >= 0.6 is 11.6 Å². The number of hydrogen-bond donors (Lipinski definition) is 1. The normalized spacial score (nSPS) is 16.4. The summed E-state index contributed by atoms with van der Waals surface area (Å²) in [6.07, 6.45) is 4.78. The Morgan fingerprint density at radius 3 is 2.88 bits per heavy atom. The summed E-state index contributed by atoms with van der Waals surface area (Å²) in [6, 6.07) is 3.37. The third kappa shape index (κ3) is 4.53. The van der Waals surface area contributed by atoms with E-state index < -0.39 is 0 Å². The molecule has 0 saturated carbocycles. The first-order valence-electron chi connectivity index (χ1n) is 9.14. The zero-order valence-electron chi connectivity index (χ0n) is 15.0. The van der Waals surface area contributed by atoms with Gasteiger partial charge in [-0.15, -0.1) is 0 Å². The van der Waals surface area contributed by atoms with Gasteiger partial charge in [-0.2, -0.15) is 0 Å². The van der Waals surface area contributed by atoms with Gasteiger partial charge in [-0.25, -0.2) is 4.98 Å². The molecular formula is C19H26ClN3O2. The molecule has 1 aromatic carbocycles. The molecule has 1 saturated heterocycles. The van der Waals surface area contributed by atoms with E-state index in [0.29, 0.717) is 40.0 Å². The first-order chi connectivity index (χ1) is 12.1. The van der Waals surface area contributed by atoms with E-state index in [2.05, 4.69) is 22.1 Å². The lowest BCUT2D eigenvalue weighted by Crippen LogP contribution is -2.39. The van der Waals surface area contributed by atoms with Crippen LogP contribution in [0.5, 0.6) is 0 Å². The SMILES string of the molecule is CCCCN1CCC(CNC(=O)c2cc(Cl)cc3nc(C)oc23)CC1. The number of nitrogens with one attached hydrogen (secondary N) is 1. The van der Waals surface area contributed by atoms with Crippen LogP contribution in [0.15, 0.2) is 16.5 Å². The fourth-order valence-corrected chi connectivity index (χ4v) is 3.62. The van der Waals surface area contributed by atoms with Gasteiger partial charge in [-0.1, -0.05) is 24.9 Å². The van der Waals surface area contributed by atoms with Crippen LogP contribution in [0.1, 0.15) is 48.9 Å². The number of likely N-dealkylation sites (tertiary alicyclic amines) is 1. The Morgan fingerprint density at radius 1 is 1.40 bits per heavy atom.